The van der Waals surface area contributed by atoms with Crippen LogP contribution in [0.25, 0.3) is 0 Å². The Morgan fingerprint density at radius 2 is 2.15 bits per heavy atom. The van der Waals surface area contributed by atoms with Crippen molar-refractivity contribution in [1.29, 1.82) is 0 Å². The largest absolute Gasteiger partial charge is 0.312 e. The van der Waals surface area contributed by atoms with E-state index in [0.29, 0.717) is 6.54 Å². The summed E-state index contributed by atoms with van der Waals surface area (Å²) in [4.78, 5) is 2.23. The minimum absolute atomic E-state index is 0.0930. The van der Waals surface area contributed by atoms with Gasteiger partial charge in [0.1, 0.15) is 0 Å². The molecule has 0 bridgehead atoms. The van der Waals surface area contributed by atoms with Gasteiger partial charge in [-0.1, -0.05) is 34.1 Å². The molecule has 0 aliphatic carbocycles. The first kappa shape index (κ1) is 15.9. The van der Waals surface area contributed by atoms with Crippen LogP contribution in [0.5, 0.6) is 0 Å². The maximum Gasteiger partial charge on any atom is 0.153 e. The van der Waals surface area contributed by atoms with Crippen molar-refractivity contribution < 1.29 is 8.42 Å². The molecule has 1 aromatic carbocycles. The third kappa shape index (κ3) is 4.84. The third-order valence-electron chi connectivity index (χ3n) is 3.56. The quantitative estimate of drug-likeness (QED) is 0.867. The normalized spacial score (nSPS) is 22.1. The van der Waals surface area contributed by atoms with Gasteiger partial charge in [0.25, 0.3) is 0 Å². The van der Waals surface area contributed by atoms with Gasteiger partial charge in [-0.15, -0.1) is 0 Å². The highest BCUT2D eigenvalue weighted by molar-refractivity contribution is 9.10. The second kappa shape index (κ2) is 7.02. The Morgan fingerprint density at radius 3 is 2.85 bits per heavy atom. The number of rotatable bonds is 5. The maximum absolute atomic E-state index is 11.6. The summed E-state index contributed by atoms with van der Waals surface area (Å²) in [5, 5.41) is 3.29. The Labute approximate surface area is 129 Å². The number of nitrogens with zero attached hydrogens (tertiary/aromatic N) is 1. The summed E-state index contributed by atoms with van der Waals surface area (Å²) in [5.41, 5.74) is 1.25. The maximum atomic E-state index is 11.6. The summed E-state index contributed by atoms with van der Waals surface area (Å²) in [5.74, 6) is 0.548. The molecule has 0 radical (unpaired) electrons. The van der Waals surface area contributed by atoms with Gasteiger partial charge in [0.05, 0.1) is 11.5 Å². The van der Waals surface area contributed by atoms with E-state index < -0.39 is 9.84 Å². The van der Waals surface area contributed by atoms with E-state index in [1.807, 2.05) is 18.2 Å². The summed E-state index contributed by atoms with van der Waals surface area (Å²) in [6.07, 6.45) is 0.861. The third-order valence-corrected chi connectivity index (χ3v) is 6.07. The average molecular weight is 361 g/mol. The Morgan fingerprint density at radius 1 is 1.40 bits per heavy atom. The topological polar surface area (TPSA) is 49.4 Å². The van der Waals surface area contributed by atoms with Crippen LogP contribution in [0.2, 0.25) is 0 Å². The van der Waals surface area contributed by atoms with Crippen LogP contribution in [0.3, 0.4) is 0 Å². The monoisotopic (exact) mass is 360 g/mol. The van der Waals surface area contributed by atoms with Gasteiger partial charge in [-0.25, -0.2) is 8.42 Å². The highest BCUT2D eigenvalue weighted by Gasteiger charge is 2.24. The van der Waals surface area contributed by atoms with Crippen LogP contribution in [-0.2, 0) is 16.4 Å². The molecule has 1 N–H and O–H groups in total. The molecule has 1 aliphatic rings. The minimum atomic E-state index is -2.83. The highest BCUT2D eigenvalue weighted by atomic mass is 79.9. The van der Waals surface area contributed by atoms with Crippen molar-refractivity contribution >= 4 is 25.8 Å². The second-order valence-corrected chi connectivity index (χ2v) is 8.47. The molecule has 0 amide bonds. The van der Waals surface area contributed by atoms with Gasteiger partial charge in [0, 0.05) is 23.6 Å². The van der Waals surface area contributed by atoms with E-state index in [-0.39, 0.29) is 17.5 Å². The van der Waals surface area contributed by atoms with E-state index in [9.17, 15) is 8.42 Å². The van der Waals surface area contributed by atoms with Crippen molar-refractivity contribution in [3.8, 4) is 0 Å². The number of hydrogen-bond acceptors (Lipinski definition) is 4. The van der Waals surface area contributed by atoms with Crippen LogP contribution >= 0.6 is 15.9 Å². The SMILES string of the molecule is CN(CCC1CS(=O)(=O)CCN1)Cc1ccccc1Br. The van der Waals surface area contributed by atoms with Crippen LogP contribution in [0.4, 0.5) is 0 Å². The van der Waals surface area contributed by atoms with E-state index in [0.717, 1.165) is 24.0 Å². The van der Waals surface area contributed by atoms with Gasteiger partial charge in [-0.2, -0.15) is 0 Å². The van der Waals surface area contributed by atoms with Crippen LogP contribution < -0.4 is 5.32 Å². The number of hydrogen-bond donors (Lipinski definition) is 1. The summed E-state index contributed by atoms with van der Waals surface area (Å²) in [7, 11) is -0.768. The lowest BCUT2D eigenvalue weighted by molar-refractivity contribution is 0.303. The van der Waals surface area contributed by atoms with Crippen LogP contribution in [0.1, 0.15) is 12.0 Å². The predicted octanol–water partition coefficient (Wildman–Crippen LogP) is 1.66. The lowest BCUT2D eigenvalue weighted by Gasteiger charge is -2.26. The Bertz CT molecular complexity index is 548. The van der Waals surface area contributed by atoms with Crippen molar-refractivity contribution in [1.82, 2.24) is 10.2 Å². The number of nitrogens with one attached hydrogen (secondary N) is 1. The van der Waals surface area contributed by atoms with Crippen molar-refractivity contribution in [3.63, 3.8) is 0 Å². The first-order valence-electron chi connectivity index (χ1n) is 6.82. The molecule has 1 unspecified atom stereocenters. The molecular weight excluding hydrogens is 340 g/mol. The van der Waals surface area contributed by atoms with Crippen LogP contribution in [0, 0.1) is 0 Å². The molecule has 1 atom stereocenters. The first-order valence-corrected chi connectivity index (χ1v) is 9.43. The molecule has 1 saturated heterocycles. The molecule has 20 heavy (non-hydrogen) atoms. The Hall–Kier alpha value is -0.430. The predicted molar refractivity (Wildman–Crippen MR) is 85.5 cm³/mol. The zero-order chi connectivity index (χ0) is 14.6. The highest BCUT2D eigenvalue weighted by Crippen LogP contribution is 2.17. The summed E-state index contributed by atoms with van der Waals surface area (Å²) >= 11 is 3.55. The van der Waals surface area contributed by atoms with Gasteiger partial charge >= 0.3 is 0 Å². The number of halogens is 1. The van der Waals surface area contributed by atoms with Crippen molar-refractivity contribution in [2.75, 3.05) is 31.6 Å². The molecule has 1 aromatic rings. The minimum Gasteiger partial charge on any atom is -0.312 e. The number of benzene rings is 1. The fraction of sp³-hybridized carbons (Fsp3) is 0.571. The molecule has 4 nitrogen and oxygen atoms in total. The fourth-order valence-electron chi connectivity index (χ4n) is 2.43. The summed E-state index contributed by atoms with van der Waals surface area (Å²) in [6.45, 7) is 2.33. The van der Waals surface area contributed by atoms with E-state index in [1.54, 1.807) is 0 Å². The van der Waals surface area contributed by atoms with E-state index in [2.05, 4.69) is 39.3 Å². The van der Waals surface area contributed by atoms with Crippen LogP contribution in [-0.4, -0.2) is 51.0 Å². The molecule has 1 heterocycles. The fourth-order valence-corrected chi connectivity index (χ4v) is 4.33. The van der Waals surface area contributed by atoms with Gasteiger partial charge < -0.3 is 10.2 Å². The molecule has 0 aromatic heterocycles. The smallest absolute Gasteiger partial charge is 0.153 e. The van der Waals surface area contributed by atoms with E-state index >= 15 is 0 Å². The molecule has 2 rings (SSSR count). The molecule has 112 valence electrons. The van der Waals surface area contributed by atoms with Crippen molar-refractivity contribution in [2.24, 2.45) is 0 Å². The van der Waals surface area contributed by atoms with E-state index in [4.69, 9.17) is 0 Å². The summed E-state index contributed by atoms with van der Waals surface area (Å²) < 4.78 is 24.3. The molecule has 0 spiro atoms. The summed E-state index contributed by atoms with van der Waals surface area (Å²) in [6, 6.07) is 8.27. The lowest BCUT2D eigenvalue weighted by atomic mass is 10.2. The Kier molecular flexibility index (Phi) is 5.60. The molecule has 1 fully saturated rings. The average Bonchev–Trinajstić information content (AvgIpc) is 2.38. The van der Waals surface area contributed by atoms with Crippen molar-refractivity contribution in [2.45, 2.75) is 19.0 Å². The molecular formula is C14H21BrN2O2S. The van der Waals surface area contributed by atoms with Gasteiger partial charge in [-0.3, -0.25) is 0 Å². The molecule has 0 saturated carbocycles. The lowest BCUT2D eigenvalue weighted by Crippen LogP contribution is -2.46. The van der Waals surface area contributed by atoms with Crippen LogP contribution in [0.15, 0.2) is 28.7 Å². The van der Waals surface area contributed by atoms with Crippen molar-refractivity contribution in [3.05, 3.63) is 34.3 Å². The number of sulfone groups is 1. The van der Waals surface area contributed by atoms with Gasteiger partial charge in [0.2, 0.25) is 0 Å². The zero-order valence-electron chi connectivity index (χ0n) is 11.7. The first-order chi connectivity index (χ1) is 9.46. The Balaban J connectivity index is 1.81. The van der Waals surface area contributed by atoms with Gasteiger partial charge in [-0.05, 0) is 31.6 Å². The molecule has 6 heteroatoms. The van der Waals surface area contributed by atoms with E-state index in [1.165, 1.54) is 5.56 Å². The molecule has 1 aliphatic heterocycles. The standard InChI is InChI=1S/C14H21BrN2O2S/c1-17(10-12-4-2-3-5-14(12)15)8-6-13-11-20(18,19)9-7-16-13/h2-5,13,16H,6-11H2,1H3. The second-order valence-electron chi connectivity index (χ2n) is 5.38. The van der Waals surface area contributed by atoms with Gasteiger partial charge in [0.15, 0.2) is 9.84 Å². The zero-order valence-corrected chi connectivity index (χ0v) is 14.1.